The Morgan fingerprint density at radius 1 is 1.50 bits per heavy atom. The van der Waals surface area contributed by atoms with Crippen LogP contribution in [0, 0.1) is 0 Å². The van der Waals surface area contributed by atoms with Gasteiger partial charge in [0.25, 0.3) is 0 Å². The molecule has 3 nitrogen and oxygen atoms in total. The lowest BCUT2D eigenvalue weighted by molar-refractivity contribution is -0.121. The normalized spacial score (nSPS) is 27.4. The van der Waals surface area contributed by atoms with E-state index in [4.69, 9.17) is 0 Å². The monoisotopic (exact) mass is 242 g/mol. The topological polar surface area (TPSA) is 41.1 Å². The van der Waals surface area contributed by atoms with Crippen molar-refractivity contribution in [3.8, 4) is 0 Å². The lowest BCUT2D eigenvalue weighted by atomic mass is 9.84. The summed E-state index contributed by atoms with van der Waals surface area (Å²) in [5.41, 5.74) is 0. The molecule has 1 saturated carbocycles. The highest BCUT2D eigenvalue weighted by molar-refractivity contribution is 8.00. The van der Waals surface area contributed by atoms with E-state index in [2.05, 4.69) is 16.9 Å². The first-order chi connectivity index (χ1) is 7.74. The summed E-state index contributed by atoms with van der Waals surface area (Å²) in [6.07, 6.45) is 9.02. The van der Waals surface area contributed by atoms with Crippen LogP contribution in [-0.4, -0.2) is 36.0 Å². The average molecular weight is 242 g/mol. The number of hydrogen-bond donors (Lipinski definition) is 2. The van der Waals surface area contributed by atoms with E-state index >= 15 is 0 Å². The molecule has 2 rings (SSSR count). The summed E-state index contributed by atoms with van der Waals surface area (Å²) in [4.78, 5) is 11.7. The predicted molar refractivity (Wildman–Crippen MR) is 68.7 cm³/mol. The van der Waals surface area contributed by atoms with E-state index < -0.39 is 0 Å². The number of thioether (sulfide) groups is 1. The van der Waals surface area contributed by atoms with Crippen LogP contribution in [0.3, 0.4) is 0 Å². The second-order valence-corrected chi connectivity index (χ2v) is 6.29. The Hall–Kier alpha value is -0.220. The maximum absolute atomic E-state index is 11.7. The molecular weight excluding hydrogens is 220 g/mol. The van der Waals surface area contributed by atoms with Gasteiger partial charge in [-0.1, -0.05) is 6.42 Å². The Kier molecular flexibility index (Phi) is 4.14. The highest BCUT2D eigenvalue weighted by Crippen LogP contribution is 2.42. The van der Waals surface area contributed by atoms with E-state index in [9.17, 15) is 4.79 Å². The van der Waals surface area contributed by atoms with Crippen LogP contribution in [0.25, 0.3) is 0 Å². The maximum Gasteiger partial charge on any atom is 0.221 e. The molecule has 16 heavy (non-hydrogen) atoms. The summed E-state index contributed by atoms with van der Waals surface area (Å²) in [5, 5.41) is 6.46. The summed E-state index contributed by atoms with van der Waals surface area (Å²) < 4.78 is 0.360. The fraction of sp³-hybridized carbons (Fsp3) is 0.917. The van der Waals surface area contributed by atoms with Gasteiger partial charge in [0.05, 0.1) is 0 Å². The number of nitrogens with one attached hydrogen (secondary N) is 2. The molecule has 92 valence electrons. The van der Waals surface area contributed by atoms with Crippen LogP contribution in [0.4, 0.5) is 0 Å². The second-order valence-electron chi connectivity index (χ2n) is 5.01. The quantitative estimate of drug-likeness (QED) is 0.768. The first-order valence-electron chi connectivity index (χ1n) is 6.29. The largest absolute Gasteiger partial charge is 0.355 e. The first-order valence-corrected chi connectivity index (χ1v) is 7.52. The molecule has 0 aromatic heterocycles. The summed E-state index contributed by atoms with van der Waals surface area (Å²) in [7, 11) is 0. The van der Waals surface area contributed by atoms with Crippen molar-refractivity contribution >= 4 is 17.7 Å². The Bertz CT molecular complexity index is 242. The van der Waals surface area contributed by atoms with Crippen LogP contribution in [0.1, 0.15) is 38.5 Å². The minimum Gasteiger partial charge on any atom is -0.355 e. The number of carbonyl (C=O) groups is 1. The third kappa shape index (κ3) is 2.92. The van der Waals surface area contributed by atoms with E-state index in [0.717, 1.165) is 19.5 Å². The molecular formula is C12H22N2OS. The number of amides is 1. The highest BCUT2D eigenvalue weighted by Gasteiger charge is 2.36. The maximum atomic E-state index is 11.7. The van der Waals surface area contributed by atoms with Crippen LogP contribution in [0.5, 0.6) is 0 Å². The molecule has 1 aliphatic carbocycles. The van der Waals surface area contributed by atoms with Gasteiger partial charge in [-0.2, -0.15) is 11.8 Å². The molecule has 0 radical (unpaired) electrons. The fourth-order valence-electron chi connectivity index (χ4n) is 2.51. The molecule has 1 amide bonds. The van der Waals surface area contributed by atoms with E-state index in [-0.39, 0.29) is 5.91 Å². The van der Waals surface area contributed by atoms with Crippen molar-refractivity contribution in [1.29, 1.82) is 0 Å². The van der Waals surface area contributed by atoms with Crippen molar-refractivity contribution in [2.75, 3.05) is 19.3 Å². The van der Waals surface area contributed by atoms with Crippen molar-refractivity contribution in [1.82, 2.24) is 10.6 Å². The lowest BCUT2D eigenvalue weighted by Crippen LogP contribution is -2.46. The Morgan fingerprint density at radius 2 is 2.31 bits per heavy atom. The molecule has 2 fully saturated rings. The zero-order valence-corrected chi connectivity index (χ0v) is 10.9. The van der Waals surface area contributed by atoms with Crippen molar-refractivity contribution < 1.29 is 4.79 Å². The van der Waals surface area contributed by atoms with Gasteiger partial charge in [-0.25, -0.2) is 0 Å². The molecule has 2 aliphatic rings. The van der Waals surface area contributed by atoms with E-state index in [1.54, 1.807) is 0 Å². The second kappa shape index (κ2) is 5.41. The molecule has 4 heteroatoms. The van der Waals surface area contributed by atoms with Crippen molar-refractivity contribution in [3.05, 3.63) is 0 Å². The Morgan fingerprint density at radius 3 is 2.81 bits per heavy atom. The first kappa shape index (κ1) is 12.2. The zero-order chi connectivity index (χ0) is 11.4. The summed E-state index contributed by atoms with van der Waals surface area (Å²) >= 11 is 1.91. The smallest absolute Gasteiger partial charge is 0.221 e. The summed E-state index contributed by atoms with van der Waals surface area (Å²) in [5.74, 6) is 0.222. The van der Waals surface area contributed by atoms with Gasteiger partial charge in [-0.05, 0) is 38.5 Å². The lowest BCUT2D eigenvalue weighted by Gasteiger charge is -2.40. The molecule has 1 unspecified atom stereocenters. The Labute approximate surface area is 102 Å². The molecule has 0 aromatic rings. The minimum atomic E-state index is 0.222. The molecule has 1 atom stereocenters. The van der Waals surface area contributed by atoms with Gasteiger partial charge in [0.1, 0.15) is 0 Å². The van der Waals surface area contributed by atoms with E-state index in [1.165, 1.54) is 25.7 Å². The number of hydrogen-bond acceptors (Lipinski definition) is 3. The highest BCUT2D eigenvalue weighted by atomic mass is 32.2. The van der Waals surface area contributed by atoms with Crippen LogP contribution < -0.4 is 10.6 Å². The van der Waals surface area contributed by atoms with Gasteiger partial charge >= 0.3 is 0 Å². The van der Waals surface area contributed by atoms with Gasteiger partial charge in [-0.15, -0.1) is 0 Å². The van der Waals surface area contributed by atoms with E-state index in [1.807, 2.05) is 11.8 Å². The van der Waals surface area contributed by atoms with Crippen molar-refractivity contribution in [2.24, 2.45) is 0 Å². The van der Waals surface area contributed by atoms with Gasteiger partial charge in [0, 0.05) is 23.8 Å². The molecule has 1 saturated heterocycles. The average Bonchev–Trinajstić information content (AvgIpc) is 2.69. The molecule has 1 aliphatic heterocycles. The summed E-state index contributed by atoms with van der Waals surface area (Å²) in [6, 6.07) is 0.423. The molecule has 0 spiro atoms. The standard InChI is InChI=1S/C12H22N2OS/c1-16-12(5-3-6-12)9-14-11(15)8-10-4-2-7-13-10/h10,13H,2-9H2,1H3,(H,14,15). The Balaban J connectivity index is 1.66. The number of carbonyl (C=O) groups excluding carboxylic acids is 1. The zero-order valence-electron chi connectivity index (χ0n) is 10.1. The van der Waals surface area contributed by atoms with Crippen LogP contribution in [0.15, 0.2) is 0 Å². The van der Waals surface area contributed by atoms with Crippen molar-refractivity contribution in [2.45, 2.75) is 49.3 Å². The van der Waals surface area contributed by atoms with Gasteiger partial charge < -0.3 is 10.6 Å². The SMILES string of the molecule is CSC1(CNC(=O)CC2CCCN2)CCC1. The molecule has 0 aromatic carbocycles. The molecule has 2 N–H and O–H groups in total. The number of rotatable bonds is 5. The molecule has 0 bridgehead atoms. The van der Waals surface area contributed by atoms with Crippen LogP contribution >= 0.6 is 11.8 Å². The molecule has 1 heterocycles. The van der Waals surface area contributed by atoms with Gasteiger partial charge in [0.15, 0.2) is 0 Å². The van der Waals surface area contributed by atoms with Gasteiger partial charge in [-0.3, -0.25) is 4.79 Å². The van der Waals surface area contributed by atoms with Gasteiger partial charge in [0.2, 0.25) is 5.91 Å². The van der Waals surface area contributed by atoms with Crippen LogP contribution in [-0.2, 0) is 4.79 Å². The van der Waals surface area contributed by atoms with Crippen molar-refractivity contribution in [3.63, 3.8) is 0 Å². The third-order valence-corrected chi connectivity index (χ3v) is 5.32. The van der Waals surface area contributed by atoms with Crippen LogP contribution in [0.2, 0.25) is 0 Å². The summed E-state index contributed by atoms with van der Waals surface area (Å²) in [6.45, 7) is 1.94. The third-order valence-electron chi connectivity index (χ3n) is 3.90. The van der Waals surface area contributed by atoms with E-state index in [0.29, 0.717) is 17.2 Å². The fourth-order valence-corrected chi connectivity index (χ4v) is 3.42. The predicted octanol–water partition coefficient (Wildman–Crippen LogP) is 1.53. The minimum absolute atomic E-state index is 0.222.